The molecule has 0 aliphatic heterocycles. The summed E-state index contributed by atoms with van der Waals surface area (Å²) in [5.41, 5.74) is 7.22. The summed E-state index contributed by atoms with van der Waals surface area (Å²) in [5.74, 6) is 0.383. The molecule has 0 N–H and O–H groups in total. The van der Waals surface area contributed by atoms with Crippen LogP contribution in [0.4, 0.5) is 8.78 Å². The normalized spacial score (nSPS) is 11.5. The van der Waals surface area contributed by atoms with Crippen LogP contribution in [0.3, 0.4) is 0 Å². The average Bonchev–Trinajstić information content (AvgIpc) is 3.53. The van der Waals surface area contributed by atoms with E-state index in [4.69, 9.17) is 19.4 Å². The summed E-state index contributed by atoms with van der Waals surface area (Å²) in [6.07, 6.45) is 0. The molecule has 49 heavy (non-hydrogen) atoms. The Bertz CT molecular complexity index is 2670. The van der Waals surface area contributed by atoms with Crippen LogP contribution in [0.25, 0.3) is 89.1 Å². The van der Waals surface area contributed by atoms with Crippen molar-refractivity contribution < 1.29 is 13.2 Å². The molecular formula is C43H25F2N3O. The van der Waals surface area contributed by atoms with E-state index < -0.39 is 11.6 Å². The molecule has 0 bridgehead atoms. The summed E-state index contributed by atoms with van der Waals surface area (Å²) in [4.78, 5) is 14.8. The van der Waals surface area contributed by atoms with Crippen LogP contribution in [0.5, 0.6) is 0 Å². The van der Waals surface area contributed by atoms with Crippen molar-refractivity contribution in [1.82, 2.24) is 15.0 Å². The van der Waals surface area contributed by atoms with E-state index in [0.29, 0.717) is 34.2 Å². The third-order valence-electron chi connectivity index (χ3n) is 8.81. The first-order valence-electron chi connectivity index (χ1n) is 15.9. The van der Waals surface area contributed by atoms with Crippen molar-refractivity contribution in [2.45, 2.75) is 0 Å². The number of hydrogen-bond donors (Lipinski definition) is 0. The first-order valence-corrected chi connectivity index (χ1v) is 15.9. The molecule has 7 aromatic carbocycles. The molecular weight excluding hydrogens is 612 g/mol. The van der Waals surface area contributed by atoms with Gasteiger partial charge >= 0.3 is 0 Å². The first kappa shape index (κ1) is 28.7. The lowest BCUT2D eigenvalue weighted by Gasteiger charge is -2.10. The van der Waals surface area contributed by atoms with Gasteiger partial charge in [0.2, 0.25) is 0 Å². The van der Waals surface area contributed by atoms with Crippen LogP contribution < -0.4 is 0 Å². The molecule has 0 atom stereocenters. The van der Waals surface area contributed by atoms with Gasteiger partial charge in [-0.15, -0.1) is 0 Å². The van der Waals surface area contributed by atoms with Crippen molar-refractivity contribution in [2.75, 3.05) is 0 Å². The Balaban J connectivity index is 1.22. The van der Waals surface area contributed by atoms with E-state index in [1.54, 1.807) is 0 Å². The number of benzene rings is 7. The van der Waals surface area contributed by atoms with Gasteiger partial charge in [-0.05, 0) is 64.0 Å². The Kier molecular flexibility index (Phi) is 6.80. The molecule has 0 unspecified atom stereocenters. The Morgan fingerprint density at radius 1 is 0.367 bits per heavy atom. The topological polar surface area (TPSA) is 51.8 Å². The predicted molar refractivity (Wildman–Crippen MR) is 192 cm³/mol. The van der Waals surface area contributed by atoms with Gasteiger partial charge in [-0.2, -0.15) is 0 Å². The highest BCUT2D eigenvalue weighted by molar-refractivity contribution is 6.19. The second-order valence-electron chi connectivity index (χ2n) is 11.9. The van der Waals surface area contributed by atoms with E-state index in [1.807, 2.05) is 109 Å². The molecule has 2 heterocycles. The highest BCUT2D eigenvalue weighted by Gasteiger charge is 2.18. The van der Waals surface area contributed by atoms with Crippen LogP contribution in [0.2, 0.25) is 0 Å². The van der Waals surface area contributed by atoms with Crippen molar-refractivity contribution in [3.63, 3.8) is 0 Å². The van der Waals surface area contributed by atoms with Gasteiger partial charge < -0.3 is 4.42 Å². The number of halogens is 2. The van der Waals surface area contributed by atoms with Gasteiger partial charge in [0.15, 0.2) is 17.5 Å². The molecule has 0 aliphatic carbocycles. The molecule has 0 spiro atoms. The molecule has 0 radical (unpaired) electrons. The Labute approximate surface area is 280 Å². The predicted octanol–water partition coefficient (Wildman–Crippen LogP) is 11.5. The van der Waals surface area contributed by atoms with E-state index >= 15 is 0 Å². The SMILES string of the molecule is Fc1cc(F)cc(-c2cc3c4ccc(-c5nc(-c6ccccc6)nc(-c6cccc(-c7ccccc7)c6)n5)cc4oc3c3ccccc23)c1. The number of aromatic nitrogens is 3. The molecule has 0 aliphatic rings. The van der Waals surface area contributed by atoms with E-state index in [9.17, 15) is 8.78 Å². The molecule has 6 heteroatoms. The van der Waals surface area contributed by atoms with Crippen molar-refractivity contribution >= 4 is 32.7 Å². The maximum atomic E-state index is 14.3. The highest BCUT2D eigenvalue weighted by Crippen LogP contribution is 2.41. The molecule has 0 saturated carbocycles. The summed E-state index contributed by atoms with van der Waals surface area (Å²) >= 11 is 0. The molecule has 232 valence electrons. The molecule has 9 rings (SSSR count). The van der Waals surface area contributed by atoms with Gasteiger partial charge in [0, 0.05) is 38.9 Å². The summed E-state index contributed by atoms with van der Waals surface area (Å²) in [6, 6.07) is 47.5. The zero-order valence-electron chi connectivity index (χ0n) is 25.9. The van der Waals surface area contributed by atoms with Gasteiger partial charge in [0.1, 0.15) is 22.8 Å². The second kappa shape index (κ2) is 11.6. The lowest BCUT2D eigenvalue weighted by atomic mass is 9.95. The van der Waals surface area contributed by atoms with Crippen LogP contribution >= 0.6 is 0 Å². The summed E-state index contributed by atoms with van der Waals surface area (Å²) in [6.45, 7) is 0. The Morgan fingerprint density at radius 2 is 0.939 bits per heavy atom. The highest BCUT2D eigenvalue weighted by atomic mass is 19.1. The van der Waals surface area contributed by atoms with Gasteiger partial charge in [0.05, 0.1) is 0 Å². The largest absolute Gasteiger partial charge is 0.455 e. The minimum atomic E-state index is -0.626. The zero-order chi connectivity index (χ0) is 32.9. The van der Waals surface area contributed by atoms with Gasteiger partial charge in [-0.1, -0.05) is 109 Å². The number of fused-ring (bicyclic) bond motifs is 5. The number of rotatable bonds is 5. The number of hydrogen-bond acceptors (Lipinski definition) is 4. The van der Waals surface area contributed by atoms with Crippen molar-refractivity contribution in [3.05, 3.63) is 163 Å². The Hall–Kier alpha value is -6.53. The fraction of sp³-hybridized carbons (Fsp3) is 0. The fourth-order valence-corrected chi connectivity index (χ4v) is 6.50. The van der Waals surface area contributed by atoms with E-state index in [1.165, 1.54) is 12.1 Å². The molecule has 0 amide bonds. The standard InChI is InChI=1S/C43H25F2N3O/c44-32-21-31(22-33(45)24-32)37-25-38-35-19-18-30(23-39(35)49-40(38)36-17-8-7-16-34(36)37)43-47-41(27-12-5-2-6-13-27)46-42(48-43)29-15-9-14-28(20-29)26-10-3-1-4-11-26/h1-25H. The van der Waals surface area contributed by atoms with Crippen molar-refractivity contribution in [1.29, 1.82) is 0 Å². The third kappa shape index (κ3) is 5.20. The monoisotopic (exact) mass is 637 g/mol. The minimum Gasteiger partial charge on any atom is -0.455 e. The minimum absolute atomic E-state index is 0.462. The lowest BCUT2D eigenvalue weighted by molar-refractivity contribution is 0.584. The first-order chi connectivity index (χ1) is 24.1. The van der Waals surface area contributed by atoms with Gasteiger partial charge in [-0.3, -0.25) is 0 Å². The van der Waals surface area contributed by atoms with Gasteiger partial charge in [-0.25, -0.2) is 23.7 Å². The smallest absolute Gasteiger partial charge is 0.164 e. The molecule has 4 nitrogen and oxygen atoms in total. The van der Waals surface area contributed by atoms with Crippen LogP contribution in [-0.4, -0.2) is 15.0 Å². The number of furan rings is 1. The summed E-state index contributed by atoms with van der Waals surface area (Å²) in [5, 5.41) is 3.41. The molecule has 0 saturated heterocycles. The van der Waals surface area contributed by atoms with Crippen LogP contribution in [0.1, 0.15) is 0 Å². The summed E-state index contributed by atoms with van der Waals surface area (Å²) < 4.78 is 35.2. The van der Waals surface area contributed by atoms with E-state index in [-0.39, 0.29) is 0 Å². The molecule has 0 fully saturated rings. The van der Waals surface area contributed by atoms with Crippen molar-refractivity contribution in [2.24, 2.45) is 0 Å². The van der Waals surface area contributed by atoms with Crippen LogP contribution in [0, 0.1) is 11.6 Å². The molecule has 9 aromatic rings. The third-order valence-corrected chi connectivity index (χ3v) is 8.81. The van der Waals surface area contributed by atoms with Crippen LogP contribution in [-0.2, 0) is 0 Å². The fourth-order valence-electron chi connectivity index (χ4n) is 6.50. The van der Waals surface area contributed by atoms with E-state index in [0.717, 1.165) is 61.0 Å². The van der Waals surface area contributed by atoms with E-state index in [2.05, 4.69) is 24.3 Å². The maximum Gasteiger partial charge on any atom is 0.164 e. The summed E-state index contributed by atoms with van der Waals surface area (Å²) in [7, 11) is 0. The quantitative estimate of drug-likeness (QED) is 0.188. The maximum absolute atomic E-state index is 14.3. The number of nitrogens with zero attached hydrogens (tertiary/aromatic N) is 3. The van der Waals surface area contributed by atoms with Gasteiger partial charge in [0.25, 0.3) is 0 Å². The average molecular weight is 638 g/mol. The lowest BCUT2D eigenvalue weighted by Crippen LogP contribution is -2.00. The molecule has 2 aromatic heterocycles. The van der Waals surface area contributed by atoms with Crippen LogP contribution in [0.15, 0.2) is 156 Å². The zero-order valence-corrected chi connectivity index (χ0v) is 25.9. The van der Waals surface area contributed by atoms with Crippen molar-refractivity contribution in [3.8, 4) is 56.4 Å². The Morgan fingerprint density at radius 3 is 1.65 bits per heavy atom. The second-order valence-corrected chi connectivity index (χ2v) is 11.9.